The Bertz CT molecular complexity index is 422. The van der Waals surface area contributed by atoms with Gasteiger partial charge >= 0.3 is 0 Å². The predicted octanol–water partition coefficient (Wildman–Crippen LogP) is 1.76. The number of nitrogens with one attached hydrogen (secondary N) is 2. The van der Waals surface area contributed by atoms with Gasteiger partial charge in [-0.1, -0.05) is 18.5 Å². The van der Waals surface area contributed by atoms with Crippen LogP contribution in [0.1, 0.15) is 23.7 Å². The van der Waals surface area contributed by atoms with Crippen LogP contribution < -0.4 is 16.6 Å². The number of benzene rings is 1. The Labute approximate surface area is 99.1 Å². The third-order valence-electron chi connectivity index (χ3n) is 2.81. The summed E-state index contributed by atoms with van der Waals surface area (Å²) in [6, 6.07) is 5.28. The van der Waals surface area contributed by atoms with Crippen LogP contribution in [0.3, 0.4) is 0 Å². The predicted molar refractivity (Wildman–Crippen MR) is 64.3 cm³/mol. The molecule has 0 radical (unpaired) electrons. The number of rotatable bonds is 3. The second-order valence-electron chi connectivity index (χ2n) is 4.13. The maximum Gasteiger partial charge on any atom is 0.253 e. The van der Waals surface area contributed by atoms with Crippen molar-refractivity contribution in [3.8, 4) is 0 Å². The van der Waals surface area contributed by atoms with Crippen LogP contribution in [-0.4, -0.2) is 11.9 Å². The number of halogens is 1. The molecule has 0 aliphatic heterocycles. The van der Waals surface area contributed by atoms with Crippen LogP contribution in [0.15, 0.2) is 18.2 Å². The van der Waals surface area contributed by atoms with E-state index in [2.05, 4.69) is 17.7 Å². The lowest BCUT2D eigenvalue weighted by Gasteiger charge is -2.09. The lowest BCUT2D eigenvalue weighted by atomic mass is 10.1. The number of amides is 1. The van der Waals surface area contributed by atoms with Gasteiger partial charge in [0.1, 0.15) is 0 Å². The van der Waals surface area contributed by atoms with Gasteiger partial charge in [-0.3, -0.25) is 10.6 Å². The van der Waals surface area contributed by atoms with Crippen LogP contribution in [0.5, 0.6) is 0 Å². The fraction of sp³-hybridized carbons (Fsp3) is 0.364. The zero-order chi connectivity index (χ0) is 11.7. The zero-order valence-electron chi connectivity index (χ0n) is 8.96. The highest BCUT2D eigenvalue weighted by molar-refractivity contribution is 6.31. The van der Waals surface area contributed by atoms with Crippen molar-refractivity contribution < 1.29 is 4.79 Å². The van der Waals surface area contributed by atoms with Gasteiger partial charge in [0.15, 0.2) is 0 Å². The van der Waals surface area contributed by atoms with E-state index < -0.39 is 0 Å². The van der Waals surface area contributed by atoms with Gasteiger partial charge in [-0.25, -0.2) is 0 Å². The van der Waals surface area contributed by atoms with Gasteiger partial charge in [-0.15, -0.1) is 0 Å². The van der Waals surface area contributed by atoms with Gasteiger partial charge in [0.05, 0.1) is 11.3 Å². The van der Waals surface area contributed by atoms with Gasteiger partial charge in [-0.05, 0) is 30.5 Å². The number of hydrazine groups is 1. The molecule has 1 aliphatic rings. The van der Waals surface area contributed by atoms with Gasteiger partial charge in [-0.2, -0.15) is 0 Å². The van der Waals surface area contributed by atoms with Crippen LogP contribution in [0.4, 0.5) is 5.69 Å². The molecule has 2 rings (SSSR count). The first kappa shape index (κ1) is 11.2. The summed E-state index contributed by atoms with van der Waals surface area (Å²) in [6.07, 6.45) is 1.04. The minimum atomic E-state index is -0.134. The average Bonchev–Trinajstić information content (AvgIpc) is 2.94. The standard InChI is InChI=1S/C11H14ClN3O/c1-6-4-10(6)14-11(16)8-5-7(12)2-3-9(8)15-13/h2-3,5-6,10,15H,4,13H2,1H3,(H,14,16). The lowest BCUT2D eigenvalue weighted by molar-refractivity contribution is 0.0950. The van der Waals surface area contributed by atoms with E-state index in [0.29, 0.717) is 22.2 Å². The average molecular weight is 240 g/mol. The normalized spacial score (nSPS) is 22.7. The number of carbonyl (C=O) groups is 1. The molecule has 86 valence electrons. The van der Waals surface area contributed by atoms with Crippen molar-refractivity contribution in [1.29, 1.82) is 0 Å². The van der Waals surface area contributed by atoms with Gasteiger partial charge in [0, 0.05) is 11.1 Å². The van der Waals surface area contributed by atoms with E-state index in [-0.39, 0.29) is 11.9 Å². The molecule has 0 heterocycles. The highest BCUT2D eigenvalue weighted by Crippen LogP contribution is 2.30. The summed E-state index contributed by atoms with van der Waals surface area (Å²) in [5.41, 5.74) is 3.55. The van der Waals surface area contributed by atoms with Crippen molar-refractivity contribution in [3.63, 3.8) is 0 Å². The summed E-state index contributed by atoms with van der Waals surface area (Å²) in [5.74, 6) is 5.77. The highest BCUT2D eigenvalue weighted by Gasteiger charge is 2.34. The maximum absolute atomic E-state index is 11.9. The molecular weight excluding hydrogens is 226 g/mol. The summed E-state index contributed by atoms with van der Waals surface area (Å²) >= 11 is 5.85. The molecule has 16 heavy (non-hydrogen) atoms. The first-order valence-electron chi connectivity index (χ1n) is 5.19. The molecule has 0 saturated heterocycles. The summed E-state index contributed by atoms with van der Waals surface area (Å²) < 4.78 is 0. The molecule has 1 fully saturated rings. The topological polar surface area (TPSA) is 67.2 Å². The summed E-state index contributed by atoms with van der Waals surface area (Å²) in [4.78, 5) is 11.9. The van der Waals surface area contributed by atoms with Crippen molar-refractivity contribution in [3.05, 3.63) is 28.8 Å². The Morgan fingerprint density at radius 1 is 1.56 bits per heavy atom. The number of nitrogen functional groups attached to an aromatic ring is 1. The molecule has 1 aromatic rings. The zero-order valence-corrected chi connectivity index (χ0v) is 9.71. The van der Waals surface area contributed by atoms with Crippen molar-refractivity contribution in [2.24, 2.45) is 11.8 Å². The molecule has 4 nitrogen and oxygen atoms in total. The molecule has 2 atom stereocenters. The SMILES string of the molecule is CC1CC1NC(=O)c1cc(Cl)ccc1NN. The van der Waals surface area contributed by atoms with Crippen molar-refractivity contribution in [1.82, 2.24) is 5.32 Å². The molecule has 1 saturated carbocycles. The van der Waals surface area contributed by atoms with Crippen molar-refractivity contribution in [2.45, 2.75) is 19.4 Å². The second kappa shape index (κ2) is 4.31. The van der Waals surface area contributed by atoms with Crippen molar-refractivity contribution in [2.75, 3.05) is 5.43 Å². The number of anilines is 1. The van der Waals surface area contributed by atoms with E-state index in [1.807, 2.05) is 0 Å². The largest absolute Gasteiger partial charge is 0.349 e. The third kappa shape index (κ3) is 2.28. The highest BCUT2D eigenvalue weighted by atomic mass is 35.5. The first-order chi connectivity index (χ1) is 7.61. The summed E-state index contributed by atoms with van der Waals surface area (Å²) in [7, 11) is 0. The van der Waals surface area contributed by atoms with E-state index in [1.165, 1.54) is 0 Å². The van der Waals surface area contributed by atoms with Crippen LogP contribution in [-0.2, 0) is 0 Å². The third-order valence-corrected chi connectivity index (χ3v) is 3.04. The van der Waals surface area contributed by atoms with E-state index >= 15 is 0 Å². The van der Waals surface area contributed by atoms with Gasteiger partial charge in [0.25, 0.3) is 5.91 Å². The molecule has 1 aromatic carbocycles. The van der Waals surface area contributed by atoms with Gasteiger partial charge in [0.2, 0.25) is 0 Å². The number of carbonyl (C=O) groups excluding carboxylic acids is 1. The molecule has 4 N–H and O–H groups in total. The Morgan fingerprint density at radius 2 is 2.25 bits per heavy atom. The smallest absolute Gasteiger partial charge is 0.253 e. The number of hydrogen-bond donors (Lipinski definition) is 3. The second-order valence-corrected chi connectivity index (χ2v) is 4.56. The lowest BCUT2D eigenvalue weighted by Crippen LogP contribution is -2.28. The molecule has 0 aromatic heterocycles. The monoisotopic (exact) mass is 239 g/mol. The number of nitrogens with two attached hydrogens (primary N) is 1. The van der Waals surface area contributed by atoms with E-state index in [0.717, 1.165) is 6.42 Å². The van der Waals surface area contributed by atoms with Crippen molar-refractivity contribution >= 4 is 23.2 Å². The van der Waals surface area contributed by atoms with Crippen LogP contribution in [0.2, 0.25) is 5.02 Å². The van der Waals surface area contributed by atoms with Crippen LogP contribution in [0.25, 0.3) is 0 Å². The molecule has 5 heteroatoms. The maximum atomic E-state index is 11.9. The van der Waals surface area contributed by atoms with E-state index in [1.54, 1.807) is 18.2 Å². The van der Waals surface area contributed by atoms with E-state index in [9.17, 15) is 4.79 Å². The molecule has 1 amide bonds. The number of hydrogen-bond acceptors (Lipinski definition) is 3. The quantitative estimate of drug-likeness (QED) is 0.556. The van der Waals surface area contributed by atoms with Crippen LogP contribution >= 0.6 is 11.6 Å². The van der Waals surface area contributed by atoms with E-state index in [4.69, 9.17) is 17.4 Å². The molecule has 1 aliphatic carbocycles. The van der Waals surface area contributed by atoms with Gasteiger partial charge < -0.3 is 10.7 Å². The summed E-state index contributed by atoms with van der Waals surface area (Å²) in [6.45, 7) is 2.10. The fourth-order valence-corrected chi connectivity index (χ4v) is 1.77. The molecule has 2 unspecified atom stereocenters. The summed E-state index contributed by atoms with van der Waals surface area (Å²) in [5, 5.41) is 3.45. The fourth-order valence-electron chi connectivity index (χ4n) is 1.60. The Hall–Kier alpha value is -1.26. The first-order valence-corrected chi connectivity index (χ1v) is 5.56. The minimum absolute atomic E-state index is 0.134. The molecule has 0 bridgehead atoms. The Morgan fingerprint density at radius 3 is 2.81 bits per heavy atom. The molecular formula is C11H14ClN3O. The Balaban J connectivity index is 2.17. The minimum Gasteiger partial charge on any atom is -0.349 e. The van der Waals surface area contributed by atoms with Crippen LogP contribution in [0, 0.1) is 5.92 Å². The Kier molecular flexibility index (Phi) is 3.03. The molecule has 0 spiro atoms.